The van der Waals surface area contributed by atoms with Crippen LogP contribution in [0.5, 0.6) is 0 Å². The van der Waals surface area contributed by atoms with Crippen molar-refractivity contribution in [1.82, 2.24) is 5.32 Å². The third kappa shape index (κ3) is 4.59. The summed E-state index contributed by atoms with van der Waals surface area (Å²) in [7, 11) is 1.41. The number of hydrogen-bond donors (Lipinski definition) is 3. The number of aliphatic hydroxyl groups excluding tert-OH is 2. The Labute approximate surface area is 260 Å². The molecule has 43 heavy (non-hydrogen) atoms. The molecule has 8 bridgehead atoms. The summed E-state index contributed by atoms with van der Waals surface area (Å²) in [5.41, 5.74) is 13.1. The fraction of sp³-hybridized carbons (Fsp3) is 0.412. The van der Waals surface area contributed by atoms with Crippen molar-refractivity contribution in [2.45, 2.75) is 73.3 Å². The minimum atomic E-state index is -0.726. The number of aliphatic hydroxyl groups is 2. The van der Waals surface area contributed by atoms with Gasteiger partial charge in [-0.3, -0.25) is 4.79 Å². The number of carbonyl (C=O) groups excluding carboxylic acids is 1. The Morgan fingerprint density at radius 1 is 1.09 bits per heavy atom. The van der Waals surface area contributed by atoms with Crippen molar-refractivity contribution in [2.24, 2.45) is 26.8 Å². The van der Waals surface area contributed by atoms with Gasteiger partial charge in [0.25, 0.3) is 0 Å². The van der Waals surface area contributed by atoms with Crippen LogP contribution < -0.4 is 5.32 Å². The van der Waals surface area contributed by atoms with Crippen molar-refractivity contribution in [3.05, 3.63) is 89.9 Å². The highest BCUT2D eigenvalue weighted by Gasteiger charge is 2.42. The van der Waals surface area contributed by atoms with E-state index in [0.717, 1.165) is 89.8 Å². The maximum Gasteiger partial charge on any atom is 0.305 e. The quantitative estimate of drug-likeness (QED) is 0.288. The van der Waals surface area contributed by atoms with Gasteiger partial charge < -0.3 is 20.3 Å². The molecular formula is C34H37BrN4O4. The Kier molecular flexibility index (Phi) is 7.45. The standard InChI is InChI=1S/C34H37BrN4O4/c1-8-19-14(2)22-13-25-28(18(6)40)17(5)32(38-25)30(35)31-15(3)20(9-10-27(42)43-7)33(39-31)21-11-26(41)29-16(4)23(37-34(21)29)12-24(19)36-22/h12-13,15,18,20,39-41H,8-11H2,1-7H3/t15-,18?,20-/m0/s1. The molecular weight excluding hydrogens is 608 g/mol. The molecule has 6 rings (SSSR count). The molecule has 1 fully saturated rings. The monoisotopic (exact) mass is 644 g/mol. The number of rotatable bonds is 5. The third-order valence-electron chi connectivity index (χ3n) is 9.48. The predicted octanol–water partition coefficient (Wildman–Crippen LogP) is 6.71. The lowest BCUT2D eigenvalue weighted by molar-refractivity contribution is -0.140. The molecule has 224 valence electrons. The highest BCUT2D eigenvalue weighted by Crippen LogP contribution is 2.48. The number of allylic oxidation sites excluding steroid dienone is 11. The van der Waals surface area contributed by atoms with Crippen molar-refractivity contribution in [3.63, 3.8) is 0 Å². The van der Waals surface area contributed by atoms with Crippen LogP contribution in [0.15, 0.2) is 105 Å². The topological polar surface area (TPSA) is 116 Å². The minimum Gasteiger partial charge on any atom is -0.511 e. The van der Waals surface area contributed by atoms with Crippen molar-refractivity contribution < 1.29 is 19.7 Å². The summed E-state index contributed by atoms with van der Waals surface area (Å²) in [6.45, 7) is 12.1. The summed E-state index contributed by atoms with van der Waals surface area (Å²) in [4.78, 5) is 27.4. The molecule has 5 aliphatic heterocycles. The fourth-order valence-electron chi connectivity index (χ4n) is 7.12. The van der Waals surface area contributed by atoms with Gasteiger partial charge in [-0.1, -0.05) is 13.8 Å². The van der Waals surface area contributed by atoms with E-state index in [9.17, 15) is 15.0 Å². The van der Waals surface area contributed by atoms with E-state index in [0.29, 0.717) is 24.3 Å². The number of nitrogens with one attached hydrogen (secondary N) is 1. The maximum absolute atomic E-state index is 12.2. The molecule has 1 unspecified atom stereocenters. The van der Waals surface area contributed by atoms with Crippen LogP contribution in [0.4, 0.5) is 0 Å². The second-order valence-electron chi connectivity index (χ2n) is 11.9. The van der Waals surface area contributed by atoms with Crippen LogP contribution in [0.2, 0.25) is 0 Å². The summed E-state index contributed by atoms with van der Waals surface area (Å²) in [5.74, 6) is 0.00134. The molecule has 1 saturated heterocycles. The highest BCUT2D eigenvalue weighted by atomic mass is 79.9. The number of methoxy groups -OCH3 is 1. The van der Waals surface area contributed by atoms with E-state index in [1.807, 2.05) is 26.0 Å². The Bertz CT molecular complexity index is 1740. The summed E-state index contributed by atoms with van der Waals surface area (Å²) in [5, 5.41) is 25.8. The molecule has 0 amide bonds. The number of fused-ring (bicyclic) bond motifs is 5. The molecule has 0 spiro atoms. The van der Waals surface area contributed by atoms with Gasteiger partial charge in [0.1, 0.15) is 5.76 Å². The van der Waals surface area contributed by atoms with Gasteiger partial charge in [-0.25, -0.2) is 15.0 Å². The summed E-state index contributed by atoms with van der Waals surface area (Å²) < 4.78 is 5.78. The van der Waals surface area contributed by atoms with Gasteiger partial charge in [-0.2, -0.15) is 0 Å². The second-order valence-corrected chi connectivity index (χ2v) is 12.7. The molecule has 0 saturated carbocycles. The Balaban J connectivity index is 1.63. The van der Waals surface area contributed by atoms with Gasteiger partial charge in [0.2, 0.25) is 0 Å². The van der Waals surface area contributed by atoms with Crippen molar-refractivity contribution in [3.8, 4) is 0 Å². The zero-order valence-corrected chi connectivity index (χ0v) is 27.2. The molecule has 3 atom stereocenters. The maximum atomic E-state index is 12.2. The van der Waals surface area contributed by atoms with Gasteiger partial charge >= 0.3 is 5.97 Å². The number of carbonyl (C=O) groups is 1. The molecule has 3 N–H and O–H groups in total. The first kappa shape index (κ1) is 29.5. The summed E-state index contributed by atoms with van der Waals surface area (Å²) in [6, 6.07) is 0. The minimum absolute atomic E-state index is 0.00253. The molecule has 0 aromatic heterocycles. The van der Waals surface area contributed by atoms with Crippen LogP contribution in [0.25, 0.3) is 0 Å². The van der Waals surface area contributed by atoms with E-state index >= 15 is 0 Å². The lowest BCUT2D eigenvalue weighted by Crippen LogP contribution is -2.16. The molecule has 1 aliphatic carbocycles. The lowest BCUT2D eigenvalue weighted by Gasteiger charge is -2.17. The largest absolute Gasteiger partial charge is 0.511 e. The van der Waals surface area contributed by atoms with Crippen LogP contribution in [0.3, 0.4) is 0 Å². The Morgan fingerprint density at radius 2 is 1.84 bits per heavy atom. The first-order chi connectivity index (χ1) is 20.5. The van der Waals surface area contributed by atoms with E-state index in [2.05, 4.69) is 42.0 Å². The van der Waals surface area contributed by atoms with E-state index < -0.39 is 6.10 Å². The highest BCUT2D eigenvalue weighted by molar-refractivity contribution is 9.12. The SMILES string of the molecule is CCC1=C(C)C2=NC1=CC1=C(C)C3=C(O)CC(=C4NC(=C(Br)C5=NC(=C2)C(C(C)O)=C5C)[C@@H](C)[C@@H]4CCC(=O)OC)C3=N1. The van der Waals surface area contributed by atoms with Gasteiger partial charge in [-0.05, 0) is 90.9 Å². The second kappa shape index (κ2) is 10.9. The average molecular weight is 646 g/mol. The number of nitrogens with zero attached hydrogens (tertiary/aromatic N) is 3. The van der Waals surface area contributed by atoms with Crippen LogP contribution in [0.1, 0.15) is 67.2 Å². The lowest BCUT2D eigenvalue weighted by atomic mass is 9.86. The first-order valence-electron chi connectivity index (χ1n) is 14.9. The van der Waals surface area contributed by atoms with Gasteiger partial charge in [0, 0.05) is 52.8 Å². The molecule has 6 aliphatic rings. The predicted molar refractivity (Wildman–Crippen MR) is 173 cm³/mol. The molecule has 0 radical (unpaired) electrons. The molecule has 0 aromatic rings. The van der Waals surface area contributed by atoms with Crippen LogP contribution >= 0.6 is 15.9 Å². The van der Waals surface area contributed by atoms with E-state index in [1.54, 1.807) is 6.92 Å². The Hall–Kier alpha value is -3.56. The zero-order chi connectivity index (χ0) is 30.9. The number of esters is 1. The van der Waals surface area contributed by atoms with Crippen LogP contribution in [-0.2, 0) is 9.53 Å². The van der Waals surface area contributed by atoms with E-state index in [4.69, 9.17) is 19.7 Å². The van der Waals surface area contributed by atoms with Crippen molar-refractivity contribution in [2.75, 3.05) is 7.11 Å². The van der Waals surface area contributed by atoms with Gasteiger partial charge in [-0.15, -0.1) is 0 Å². The number of aliphatic imine (C=N–C) groups is 3. The number of ether oxygens (including phenoxy) is 1. The number of halogens is 1. The molecule has 0 aromatic carbocycles. The number of hydrogen-bond acceptors (Lipinski definition) is 8. The first-order valence-corrected chi connectivity index (χ1v) is 15.7. The van der Waals surface area contributed by atoms with Crippen LogP contribution in [-0.4, -0.2) is 46.5 Å². The molecule has 5 heterocycles. The summed E-state index contributed by atoms with van der Waals surface area (Å²) in [6.07, 6.45) is 5.27. The smallest absolute Gasteiger partial charge is 0.305 e. The van der Waals surface area contributed by atoms with Crippen molar-refractivity contribution >= 4 is 39.0 Å². The normalized spacial score (nSPS) is 25.5. The molecule has 8 nitrogen and oxygen atoms in total. The zero-order valence-electron chi connectivity index (χ0n) is 25.6. The fourth-order valence-corrected chi connectivity index (χ4v) is 7.97. The third-order valence-corrected chi connectivity index (χ3v) is 10.3. The Morgan fingerprint density at radius 3 is 2.51 bits per heavy atom. The average Bonchev–Trinajstić information content (AvgIpc) is 3.72. The van der Waals surface area contributed by atoms with Crippen LogP contribution in [0, 0.1) is 11.8 Å². The summed E-state index contributed by atoms with van der Waals surface area (Å²) >= 11 is 3.90. The van der Waals surface area contributed by atoms with Crippen molar-refractivity contribution in [1.29, 1.82) is 0 Å². The van der Waals surface area contributed by atoms with Gasteiger partial charge in [0.15, 0.2) is 0 Å². The van der Waals surface area contributed by atoms with E-state index in [1.165, 1.54) is 7.11 Å². The molecule has 9 heteroatoms. The van der Waals surface area contributed by atoms with E-state index in [-0.39, 0.29) is 24.2 Å². The van der Waals surface area contributed by atoms with Gasteiger partial charge in [0.05, 0.1) is 51.9 Å².